The van der Waals surface area contributed by atoms with Crippen LogP contribution in [0.15, 0.2) is 30.3 Å². The van der Waals surface area contributed by atoms with E-state index in [1.807, 2.05) is 30.3 Å². The minimum atomic E-state index is 0.830. The maximum Gasteiger partial charge on any atom is 0.126 e. The molecule has 3 N–H and O–H groups in total. The zero-order valence-electron chi connectivity index (χ0n) is 11.1. The standard InChI is InChI=1S/C14H24N2O/c1-16(2)12-11-15-10-6-7-13-17-14-8-4-3-5-9-14/h3-5,8-9,15H,6-7,10-13H2,1-2H3/p+2. The summed E-state index contributed by atoms with van der Waals surface area (Å²) in [6.07, 6.45) is 2.37. The second kappa shape index (κ2) is 9.02. The highest BCUT2D eigenvalue weighted by molar-refractivity contribution is 5.20. The zero-order chi connectivity index (χ0) is 12.3. The van der Waals surface area contributed by atoms with Crippen molar-refractivity contribution >= 4 is 0 Å². The van der Waals surface area contributed by atoms with Gasteiger partial charge in [0, 0.05) is 0 Å². The molecule has 0 unspecified atom stereocenters. The van der Waals surface area contributed by atoms with Gasteiger partial charge >= 0.3 is 0 Å². The molecule has 1 rings (SSSR count). The third-order valence-electron chi connectivity index (χ3n) is 2.66. The first-order valence-corrected chi connectivity index (χ1v) is 6.57. The SMILES string of the molecule is C[NH+](C)CC[NH2+]CCCCOc1ccccc1. The van der Waals surface area contributed by atoms with Gasteiger partial charge in [0.25, 0.3) is 0 Å². The molecule has 0 atom stereocenters. The van der Waals surface area contributed by atoms with E-state index >= 15 is 0 Å². The van der Waals surface area contributed by atoms with Gasteiger partial charge in [-0.25, -0.2) is 0 Å². The highest BCUT2D eigenvalue weighted by Gasteiger charge is 1.96. The number of likely N-dealkylation sites (N-methyl/N-ethyl adjacent to an activating group) is 1. The van der Waals surface area contributed by atoms with Crippen molar-refractivity contribution < 1.29 is 15.0 Å². The molecule has 0 heterocycles. The Balaban J connectivity index is 1.88. The van der Waals surface area contributed by atoms with Crippen LogP contribution in [-0.2, 0) is 0 Å². The second-order valence-corrected chi connectivity index (χ2v) is 4.69. The number of ether oxygens (including phenoxy) is 1. The Morgan fingerprint density at radius 3 is 2.53 bits per heavy atom. The van der Waals surface area contributed by atoms with E-state index in [2.05, 4.69) is 19.4 Å². The summed E-state index contributed by atoms with van der Waals surface area (Å²) < 4.78 is 5.63. The van der Waals surface area contributed by atoms with Crippen LogP contribution in [0.5, 0.6) is 5.75 Å². The van der Waals surface area contributed by atoms with Gasteiger partial charge in [-0.15, -0.1) is 0 Å². The van der Waals surface area contributed by atoms with Crippen molar-refractivity contribution in [3.63, 3.8) is 0 Å². The van der Waals surface area contributed by atoms with Crippen molar-refractivity contribution in [3.8, 4) is 5.75 Å². The molecule has 0 bridgehead atoms. The molecule has 0 saturated carbocycles. The van der Waals surface area contributed by atoms with Crippen LogP contribution in [0.4, 0.5) is 0 Å². The third kappa shape index (κ3) is 7.77. The molecule has 0 saturated heterocycles. The van der Waals surface area contributed by atoms with Crippen LogP contribution in [0.3, 0.4) is 0 Å². The quantitative estimate of drug-likeness (QED) is 0.561. The van der Waals surface area contributed by atoms with Gasteiger partial charge in [0.15, 0.2) is 0 Å². The summed E-state index contributed by atoms with van der Waals surface area (Å²) in [6, 6.07) is 10.0. The van der Waals surface area contributed by atoms with Crippen molar-refractivity contribution in [3.05, 3.63) is 30.3 Å². The van der Waals surface area contributed by atoms with Crippen molar-refractivity contribution in [2.45, 2.75) is 12.8 Å². The van der Waals surface area contributed by atoms with Crippen LogP contribution in [0.2, 0.25) is 0 Å². The predicted octanol–water partition coefficient (Wildman–Crippen LogP) is -0.446. The summed E-state index contributed by atoms with van der Waals surface area (Å²) in [5.74, 6) is 0.979. The highest BCUT2D eigenvalue weighted by atomic mass is 16.5. The van der Waals surface area contributed by atoms with E-state index in [4.69, 9.17) is 4.74 Å². The van der Waals surface area contributed by atoms with Crippen molar-refractivity contribution in [2.24, 2.45) is 0 Å². The molecular weight excluding hydrogens is 212 g/mol. The van der Waals surface area contributed by atoms with Gasteiger partial charge in [0.2, 0.25) is 0 Å². The maximum absolute atomic E-state index is 5.63. The number of rotatable bonds is 9. The van der Waals surface area contributed by atoms with E-state index in [1.165, 1.54) is 31.0 Å². The van der Waals surface area contributed by atoms with Gasteiger partial charge in [-0.05, 0) is 25.0 Å². The smallest absolute Gasteiger partial charge is 0.126 e. The molecule has 96 valence electrons. The lowest BCUT2D eigenvalue weighted by Crippen LogP contribution is -3.09. The molecule has 1 aromatic rings. The first-order valence-electron chi connectivity index (χ1n) is 6.57. The summed E-state index contributed by atoms with van der Waals surface area (Å²) in [5, 5.41) is 2.40. The van der Waals surface area contributed by atoms with Crippen LogP contribution in [0.25, 0.3) is 0 Å². The van der Waals surface area contributed by atoms with Gasteiger partial charge in [-0.2, -0.15) is 0 Å². The van der Waals surface area contributed by atoms with Gasteiger partial charge in [-0.3, -0.25) is 0 Å². The average Bonchev–Trinajstić information content (AvgIpc) is 2.33. The molecule has 0 aliphatic carbocycles. The molecule has 0 fully saturated rings. The van der Waals surface area contributed by atoms with E-state index in [9.17, 15) is 0 Å². The monoisotopic (exact) mass is 238 g/mol. The van der Waals surface area contributed by atoms with Crippen LogP contribution in [-0.4, -0.2) is 40.3 Å². The van der Waals surface area contributed by atoms with Gasteiger partial charge < -0.3 is 15.0 Å². The van der Waals surface area contributed by atoms with Gasteiger partial charge in [-0.1, -0.05) is 18.2 Å². The highest BCUT2D eigenvalue weighted by Crippen LogP contribution is 2.08. The van der Waals surface area contributed by atoms with Crippen LogP contribution >= 0.6 is 0 Å². The summed E-state index contributed by atoms with van der Waals surface area (Å²) >= 11 is 0. The lowest BCUT2D eigenvalue weighted by atomic mass is 10.3. The summed E-state index contributed by atoms with van der Waals surface area (Å²) in [6.45, 7) is 4.50. The number of hydrogen-bond acceptors (Lipinski definition) is 1. The minimum absolute atomic E-state index is 0.830. The van der Waals surface area contributed by atoms with E-state index in [-0.39, 0.29) is 0 Å². The topological polar surface area (TPSA) is 30.3 Å². The second-order valence-electron chi connectivity index (χ2n) is 4.69. The first-order chi connectivity index (χ1) is 8.29. The van der Waals surface area contributed by atoms with Gasteiger partial charge in [0.1, 0.15) is 18.8 Å². The molecule has 0 amide bonds. The minimum Gasteiger partial charge on any atom is -0.494 e. The number of hydrogen-bond donors (Lipinski definition) is 2. The average molecular weight is 238 g/mol. The Hall–Kier alpha value is -1.06. The Morgan fingerprint density at radius 1 is 1.06 bits per heavy atom. The van der Waals surface area contributed by atoms with E-state index < -0.39 is 0 Å². The Bertz CT molecular complexity index is 275. The van der Waals surface area contributed by atoms with E-state index in [0.29, 0.717) is 0 Å². The molecule has 17 heavy (non-hydrogen) atoms. The zero-order valence-corrected chi connectivity index (χ0v) is 11.1. The Morgan fingerprint density at radius 2 is 1.82 bits per heavy atom. The Labute approximate surface area is 105 Å². The summed E-state index contributed by atoms with van der Waals surface area (Å²) in [5.41, 5.74) is 0. The normalized spacial score (nSPS) is 10.8. The maximum atomic E-state index is 5.63. The number of nitrogens with one attached hydrogen (secondary N) is 1. The van der Waals surface area contributed by atoms with Crippen molar-refractivity contribution in [2.75, 3.05) is 40.3 Å². The number of para-hydroxylation sites is 1. The first kappa shape index (κ1) is 14.0. The Kier molecular flexibility index (Phi) is 7.43. The molecule has 0 spiro atoms. The number of unbranched alkanes of at least 4 members (excludes halogenated alkanes) is 1. The fraction of sp³-hybridized carbons (Fsp3) is 0.571. The van der Waals surface area contributed by atoms with Crippen molar-refractivity contribution in [1.82, 2.24) is 0 Å². The largest absolute Gasteiger partial charge is 0.494 e. The molecule has 3 nitrogen and oxygen atoms in total. The fourth-order valence-corrected chi connectivity index (χ4v) is 1.63. The number of benzene rings is 1. The molecule has 1 aromatic carbocycles. The van der Waals surface area contributed by atoms with E-state index in [0.717, 1.165) is 18.8 Å². The lowest BCUT2D eigenvalue weighted by Gasteiger charge is -2.07. The van der Waals surface area contributed by atoms with E-state index in [1.54, 1.807) is 0 Å². The molecular formula is C14H26N2O+2. The van der Waals surface area contributed by atoms with Crippen LogP contribution in [0.1, 0.15) is 12.8 Å². The summed E-state index contributed by atoms with van der Waals surface area (Å²) in [7, 11) is 4.39. The molecule has 0 aliphatic rings. The third-order valence-corrected chi connectivity index (χ3v) is 2.66. The molecule has 0 aliphatic heterocycles. The number of nitrogens with two attached hydrogens (primary N) is 1. The number of quaternary nitrogens is 2. The fourth-order valence-electron chi connectivity index (χ4n) is 1.63. The molecule has 0 radical (unpaired) electrons. The van der Waals surface area contributed by atoms with Crippen LogP contribution in [0, 0.1) is 0 Å². The van der Waals surface area contributed by atoms with Gasteiger partial charge in [0.05, 0.1) is 27.2 Å². The predicted molar refractivity (Wildman–Crippen MR) is 70.5 cm³/mol. The van der Waals surface area contributed by atoms with Crippen molar-refractivity contribution in [1.29, 1.82) is 0 Å². The molecule has 3 heteroatoms. The lowest BCUT2D eigenvalue weighted by molar-refractivity contribution is -0.874. The van der Waals surface area contributed by atoms with Crippen LogP contribution < -0.4 is 15.0 Å². The molecule has 0 aromatic heterocycles. The summed E-state index contributed by atoms with van der Waals surface area (Å²) in [4.78, 5) is 1.52.